The second-order valence-corrected chi connectivity index (χ2v) is 3.27. The summed E-state index contributed by atoms with van der Waals surface area (Å²) in [6, 6.07) is 2.89. The van der Waals surface area contributed by atoms with Crippen molar-refractivity contribution in [2.24, 2.45) is 0 Å². The molecule has 0 spiro atoms. The zero-order valence-electron chi connectivity index (χ0n) is 9.32. The predicted molar refractivity (Wildman–Crippen MR) is 58.8 cm³/mol. The van der Waals surface area contributed by atoms with Gasteiger partial charge in [0.25, 0.3) is 0 Å². The van der Waals surface area contributed by atoms with Crippen molar-refractivity contribution >= 4 is 12.3 Å². The van der Waals surface area contributed by atoms with E-state index in [4.69, 9.17) is 4.74 Å². The number of hydrogen-bond acceptors (Lipinski definition) is 4. The Hall–Kier alpha value is -1.84. The van der Waals surface area contributed by atoms with Crippen LogP contribution in [0, 0.1) is 0 Å². The highest BCUT2D eigenvalue weighted by molar-refractivity contribution is 5.95. The van der Waals surface area contributed by atoms with Gasteiger partial charge < -0.3 is 9.84 Å². The number of carbonyl (C=O) groups excluding carboxylic acids is 2. The fourth-order valence-corrected chi connectivity index (χ4v) is 1.42. The van der Waals surface area contributed by atoms with Crippen molar-refractivity contribution in [1.29, 1.82) is 0 Å². The monoisotopic (exact) mass is 222 g/mol. The van der Waals surface area contributed by atoms with Gasteiger partial charge in [-0.2, -0.15) is 0 Å². The summed E-state index contributed by atoms with van der Waals surface area (Å²) < 4.78 is 4.79. The van der Waals surface area contributed by atoms with Gasteiger partial charge in [0.1, 0.15) is 17.6 Å². The van der Waals surface area contributed by atoms with Crippen molar-refractivity contribution in [2.75, 3.05) is 6.61 Å². The van der Waals surface area contributed by atoms with Gasteiger partial charge in [-0.25, -0.2) is 4.79 Å². The molecule has 16 heavy (non-hydrogen) atoms. The molecule has 86 valence electrons. The lowest BCUT2D eigenvalue weighted by Crippen LogP contribution is -2.07. The van der Waals surface area contributed by atoms with Crippen molar-refractivity contribution in [1.82, 2.24) is 0 Å². The summed E-state index contributed by atoms with van der Waals surface area (Å²) in [5.74, 6) is -0.718. The van der Waals surface area contributed by atoms with E-state index in [-0.39, 0.29) is 17.9 Å². The summed E-state index contributed by atoms with van der Waals surface area (Å²) in [5, 5.41) is 9.79. The maximum absolute atomic E-state index is 11.5. The van der Waals surface area contributed by atoms with Crippen LogP contribution in [0.1, 0.15) is 40.1 Å². The van der Waals surface area contributed by atoms with E-state index in [1.165, 1.54) is 6.07 Å². The molecule has 0 bridgehead atoms. The average molecular weight is 222 g/mol. The van der Waals surface area contributed by atoms with Crippen molar-refractivity contribution in [3.05, 3.63) is 28.8 Å². The molecule has 0 amide bonds. The number of esters is 1. The van der Waals surface area contributed by atoms with E-state index in [0.717, 1.165) is 0 Å². The van der Waals surface area contributed by atoms with Crippen molar-refractivity contribution in [2.45, 2.75) is 20.3 Å². The molecule has 4 nitrogen and oxygen atoms in total. The summed E-state index contributed by atoms with van der Waals surface area (Å²) in [6.45, 7) is 3.74. The summed E-state index contributed by atoms with van der Waals surface area (Å²) in [7, 11) is 0. The largest absolute Gasteiger partial charge is 0.507 e. The quantitative estimate of drug-likeness (QED) is 0.624. The number of benzene rings is 1. The highest BCUT2D eigenvalue weighted by Crippen LogP contribution is 2.25. The first-order chi connectivity index (χ1) is 7.63. The van der Waals surface area contributed by atoms with Crippen LogP contribution in [-0.4, -0.2) is 24.0 Å². The summed E-state index contributed by atoms with van der Waals surface area (Å²) in [6.07, 6.45) is 1.18. The number of rotatable bonds is 4. The highest BCUT2D eigenvalue weighted by atomic mass is 16.5. The first-order valence-electron chi connectivity index (χ1n) is 5.12. The molecule has 0 heterocycles. The van der Waals surface area contributed by atoms with Crippen LogP contribution in [0.5, 0.6) is 5.75 Å². The Kier molecular flexibility index (Phi) is 4.05. The molecule has 0 unspecified atom stereocenters. The van der Waals surface area contributed by atoms with Gasteiger partial charge in [0.15, 0.2) is 0 Å². The second kappa shape index (κ2) is 5.30. The van der Waals surface area contributed by atoms with Gasteiger partial charge >= 0.3 is 5.97 Å². The number of aryl methyl sites for hydroxylation is 1. The van der Waals surface area contributed by atoms with Crippen LogP contribution in [0.25, 0.3) is 0 Å². The Morgan fingerprint density at radius 2 is 2.12 bits per heavy atom. The first-order valence-corrected chi connectivity index (χ1v) is 5.12. The number of carbonyl (C=O) groups is 2. The second-order valence-electron chi connectivity index (χ2n) is 3.27. The van der Waals surface area contributed by atoms with E-state index >= 15 is 0 Å². The molecular formula is C12H14O4. The summed E-state index contributed by atoms with van der Waals surface area (Å²) in [5.41, 5.74) is 0.966. The van der Waals surface area contributed by atoms with Gasteiger partial charge in [-0.1, -0.05) is 6.92 Å². The molecule has 1 N–H and O–H groups in total. The first kappa shape index (κ1) is 12.2. The van der Waals surface area contributed by atoms with E-state index < -0.39 is 5.97 Å². The number of phenols is 1. The molecule has 0 radical (unpaired) electrons. The van der Waals surface area contributed by atoms with Crippen LogP contribution in [0.4, 0.5) is 0 Å². The van der Waals surface area contributed by atoms with Gasteiger partial charge in [-0.05, 0) is 31.0 Å². The Bertz CT molecular complexity index is 410. The lowest BCUT2D eigenvalue weighted by atomic mass is 10.0. The molecular weight excluding hydrogens is 208 g/mol. The Labute approximate surface area is 93.9 Å². The fourth-order valence-electron chi connectivity index (χ4n) is 1.42. The zero-order chi connectivity index (χ0) is 12.1. The molecule has 1 aromatic carbocycles. The maximum atomic E-state index is 11.5. The molecule has 4 heteroatoms. The van der Waals surface area contributed by atoms with Gasteiger partial charge in [0.05, 0.1) is 6.61 Å². The van der Waals surface area contributed by atoms with Gasteiger partial charge in [0, 0.05) is 5.56 Å². The number of phenolic OH excluding ortho intramolecular Hbond substituents is 1. The van der Waals surface area contributed by atoms with Gasteiger partial charge in [0.2, 0.25) is 0 Å². The molecule has 0 aliphatic carbocycles. The van der Waals surface area contributed by atoms with E-state index in [2.05, 4.69) is 0 Å². The molecule has 0 atom stereocenters. The number of hydrogen-bond donors (Lipinski definition) is 1. The summed E-state index contributed by atoms with van der Waals surface area (Å²) >= 11 is 0. The average Bonchev–Trinajstić information content (AvgIpc) is 2.29. The normalized spacial score (nSPS) is 9.88. The smallest absolute Gasteiger partial charge is 0.341 e. The maximum Gasteiger partial charge on any atom is 0.341 e. The van der Waals surface area contributed by atoms with Crippen molar-refractivity contribution in [3.63, 3.8) is 0 Å². The van der Waals surface area contributed by atoms with Gasteiger partial charge in [-0.15, -0.1) is 0 Å². The molecule has 0 saturated carbocycles. The van der Waals surface area contributed by atoms with Crippen LogP contribution >= 0.6 is 0 Å². The van der Waals surface area contributed by atoms with Crippen LogP contribution < -0.4 is 0 Å². The Morgan fingerprint density at radius 3 is 2.62 bits per heavy atom. The van der Waals surface area contributed by atoms with Crippen LogP contribution in [0.15, 0.2) is 12.1 Å². The van der Waals surface area contributed by atoms with Crippen LogP contribution in [0.2, 0.25) is 0 Å². The topological polar surface area (TPSA) is 63.6 Å². The third-order valence-corrected chi connectivity index (χ3v) is 2.22. The lowest BCUT2D eigenvalue weighted by molar-refractivity contribution is 0.0523. The zero-order valence-corrected chi connectivity index (χ0v) is 9.32. The SMILES string of the molecule is CCOC(=O)c1cc(C=O)cc(CC)c1O. The number of aromatic hydroxyl groups is 1. The number of ether oxygens (including phenoxy) is 1. The molecule has 1 aromatic rings. The van der Waals surface area contributed by atoms with E-state index in [9.17, 15) is 14.7 Å². The third-order valence-electron chi connectivity index (χ3n) is 2.22. The third kappa shape index (κ3) is 2.39. The lowest BCUT2D eigenvalue weighted by Gasteiger charge is -2.08. The minimum Gasteiger partial charge on any atom is -0.507 e. The minimum atomic E-state index is -0.613. The highest BCUT2D eigenvalue weighted by Gasteiger charge is 2.16. The van der Waals surface area contributed by atoms with E-state index in [1.54, 1.807) is 13.0 Å². The van der Waals surface area contributed by atoms with Crippen LogP contribution in [-0.2, 0) is 11.2 Å². The molecule has 1 rings (SSSR count). The molecule has 0 aliphatic heterocycles. The van der Waals surface area contributed by atoms with E-state index in [1.807, 2.05) is 6.92 Å². The molecule has 0 fully saturated rings. The molecule has 0 aromatic heterocycles. The van der Waals surface area contributed by atoms with Gasteiger partial charge in [-0.3, -0.25) is 4.79 Å². The standard InChI is InChI=1S/C12H14O4/c1-3-9-5-8(7-13)6-10(11(9)14)12(15)16-4-2/h5-7,14H,3-4H2,1-2H3. The summed E-state index contributed by atoms with van der Waals surface area (Å²) in [4.78, 5) is 22.2. The fraction of sp³-hybridized carbons (Fsp3) is 0.333. The predicted octanol–water partition coefficient (Wildman–Crippen LogP) is 1.94. The molecule has 0 aliphatic rings. The van der Waals surface area contributed by atoms with Crippen molar-refractivity contribution < 1.29 is 19.4 Å². The van der Waals surface area contributed by atoms with E-state index in [0.29, 0.717) is 23.8 Å². The Balaban J connectivity index is 3.25. The Morgan fingerprint density at radius 1 is 1.44 bits per heavy atom. The van der Waals surface area contributed by atoms with Crippen molar-refractivity contribution in [3.8, 4) is 5.75 Å². The number of aldehydes is 1. The van der Waals surface area contributed by atoms with Crippen LogP contribution in [0.3, 0.4) is 0 Å². The molecule has 0 saturated heterocycles. The minimum absolute atomic E-state index is 0.0447.